The third-order valence-electron chi connectivity index (χ3n) is 3.82. The monoisotopic (exact) mass is 247 g/mol. The quantitative estimate of drug-likeness (QED) is 0.887. The fraction of sp³-hybridized carbons (Fsp3) is 0.667. The first-order valence-electron chi connectivity index (χ1n) is 6.93. The first-order valence-corrected chi connectivity index (χ1v) is 6.93. The van der Waals surface area contributed by atoms with Crippen LogP contribution < -0.4 is 5.32 Å². The van der Waals surface area contributed by atoms with Gasteiger partial charge in [0.1, 0.15) is 0 Å². The Balaban J connectivity index is 2.12. The summed E-state index contributed by atoms with van der Waals surface area (Å²) in [5.74, 6) is 0. The summed E-state index contributed by atoms with van der Waals surface area (Å²) in [5.41, 5.74) is 2.82. The summed E-state index contributed by atoms with van der Waals surface area (Å²) in [7, 11) is 0. The van der Waals surface area contributed by atoms with Crippen LogP contribution in [0.15, 0.2) is 18.3 Å². The Labute approximate surface area is 111 Å². The van der Waals surface area contributed by atoms with E-state index in [4.69, 9.17) is 0 Å². The molecule has 1 aromatic heterocycles. The van der Waals surface area contributed by atoms with E-state index in [1.54, 1.807) is 0 Å². The number of nitrogens with zero attached hydrogens (tertiary/aromatic N) is 2. The molecule has 0 radical (unpaired) electrons. The van der Waals surface area contributed by atoms with Gasteiger partial charge in [0, 0.05) is 37.4 Å². The molecule has 2 heterocycles. The minimum Gasteiger partial charge on any atom is -0.309 e. The lowest BCUT2D eigenvalue weighted by Gasteiger charge is -2.43. The van der Waals surface area contributed by atoms with Crippen LogP contribution in [0.1, 0.15) is 39.0 Å². The minimum atomic E-state index is 0.202. The van der Waals surface area contributed by atoms with Gasteiger partial charge in [0.2, 0.25) is 0 Å². The van der Waals surface area contributed by atoms with Gasteiger partial charge in [-0.1, -0.05) is 13.0 Å². The Morgan fingerprint density at radius 2 is 2.28 bits per heavy atom. The Hall–Kier alpha value is -0.930. The van der Waals surface area contributed by atoms with Crippen molar-refractivity contribution >= 4 is 0 Å². The van der Waals surface area contributed by atoms with Crippen LogP contribution in [0.3, 0.4) is 0 Å². The highest BCUT2D eigenvalue weighted by Gasteiger charge is 2.30. The predicted molar refractivity (Wildman–Crippen MR) is 75.6 cm³/mol. The fourth-order valence-corrected chi connectivity index (χ4v) is 2.61. The average Bonchev–Trinajstić information content (AvgIpc) is 2.34. The topological polar surface area (TPSA) is 28.2 Å². The van der Waals surface area contributed by atoms with Crippen LogP contribution in [0, 0.1) is 0 Å². The molecule has 1 saturated heterocycles. The van der Waals surface area contributed by atoms with E-state index >= 15 is 0 Å². The lowest BCUT2D eigenvalue weighted by molar-refractivity contribution is 0.0963. The number of hydrogen-bond acceptors (Lipinski definition) is 3. The van der Waals surface area contributed by atoms with Gasteiger partial charge in [-0.15, -0.1) is 0 Å². The van der Waals surface area contributed by atoms with Crippen LogP contribution in [-0.4, -0.2) is 34.6 Å². The molecule has 0 aliphatic carbocycles. The fourth-order valence-electron chi connectivity index (χ4n) is 2.61. The van der Waals surface area contributed by atoms with E-state index in [9.17, 15) is 0 Å². The van der Waals surface area contributed by atoms with Gasteiger partial charge in [-0.3, -0.25) is 9.88 Å². The molecule has 0 saturated carbocycles. The van der Waals surface area contributed by atoms with Gasteiger partial charge >= 0.3 is 0 Å². The maximum absolute atomic E-state index is 4.56. The van der Waals surface area contributed by atoms with E-state index in [1.165, 1.54) is 11.3 Å². The van der Waals surface area contributed by atoms with Crippen LogP contribution in [0.5, 0.6) is 0 Å². The standard InChI is InChI=1S/C15H25N3/c1-5-13-7-6-8-16-14(13)10-18-11-15(3,4)17-9-12(18)2/h6-8,12,17H,5,9-11H2,1-4H3. The van der Waals surface area contributed by atoms with Crippen molar-refractivity contribution in [2.24, 2.45) is 0 Å². The first kappa shape index (κ1) is 13.5. The number of hydrogen-bond donors (Lipinski definition) is 1. The summed E-state index contributed by atoms with van der Waals surface area (Å²) in [6.07, 6.45) is 2.97. The van der Waals surface area contributed by atoms with Crippen molar-refractivity contribution in [3.63, 3.8) is 0 Å². The number of pyridine rings is 1. The Bertz CT molecular complexity index is 400. The zero-order valence-corrected chi connectivity index (χ0v) is 12.0. The zero-order valence-electron chi connectivity index (χ0n) is 12.0. The normalized spacial score (nSPS) is 24.1. The van der Waals surface area contributed by atoms with Crippen molar-refractivity contribution in [2.45, 2.75) is 52.2 Å². The van der Waals surface area contributed by atoms with Gasteiger partial charge in [0.15, 0.2) is 0 Å². The second-order valence-corrected chi connectivity index (χ2v) is 5.98. The summed E-state index contributed by atoms with van der Waals surface area (Å²) in [6.45, 7) is 12.1. The third kappa shape index (κ3) is 3.09. The number of aromatic nitrogens is 1. The van der Waals surface area contributed by atoms with Gasteiger partial charge in [-0.05, 0) is 38.8 Å². The molecule has 0 bridgehead atoms. The smallest absolute Gasteiger partial charge is 0.0575 e. The molecule has 1 aromatic rings. The van der Waals surface area contributed by atoms with E-state index in [1.807, 2.05) is 12.3 Å². The molecule has 3 heteroatoms. The van der Waals surface area contributed by atoms with Crippen molar-refractivity contribution in [3.8, 4) is 0 Å². The predicted octanol–water partition coefficient (Wildman–Crippen LogP) is 2.22. The second-order valence-electron chi connectivity index (χ2n) is 5.98. The SMILES string of the molecule is CCc1cccnc1CN1CC(C)(C)NCC1C. The van der Waals surface area contributed by atoms with Crippen LogP contribution >= 0.6 is 0 Å². The minimum absolute atomic E-state index is 0.202. The molecule has 1 aliphatic rings. The lowest BCUT2D eigenvalue weighted by Crippen LogP contribution is -2.60. The van der Waals surface area contributed by atoms with Gasteiger partial charge in [0.25, 0.3) is 0 Å². The molecule has 1 aliphatic heterocycles. The second kappa shape index (κ2) is 5.37. The lowest BCUT2D eigenvalue weighted by atomic mass is 9.98. The number of piperazine rings is 1. The van der Waals surface area contributed by atoms with Crippen LogP contribution in [0.25, 0.3) is 0 Å². The molecule has 3 nitrogen and oxygen atoms in total. The average molecular weight is 247 g/mol. The van der Waals surface area contributed by atoms with Crippen LogP contribution in [0.4, 0.5) is 0 Å². The summed E-state index contributed by atoms with van der Waals surface area (Å²) in [5, 5.41) is 3.59. The maximum atomic E-state index is 4.56. The zero-order chi connectivity index (χ0) is 13.2. The molecule has 0 aromatic carbocycles. The number of rotatable bonds is 3. The first-order chi connectivity index (χ1) is 8.52. The number of nitrogens with one attached hydrogen (secondary N) is 1. The van der Waals surface area contributed by atoms with E-state index < -0.39 is 0 Å². The van der Waals surface area contributed by atoms with Gasteiger partial charge < -0.3 is 5.32 Å². The molecule has 18 heavy (non-hydrogen) atoms. The Morgan fingerprint density at radius 1 is 1.50 bits per heavy atom. The Morgan fingerprint density at radius 3 is 3.00 bits per heavy atom. The van der Waals surface area contributed by atoms with Crippen molar-refractivity contribution in [3.05, 3.63) is 29.6 Å². The molecule has 1 unspecified atom stereocenters. The van der Waals surface area contributed by atoms with E-state index in [-0.39, 0.29) is 5.54 Å². The summed E-state index contributed by atoms with van der Waals surface area (Å²) in [4.78, 5) is 7.10. The maximum Gasteiger partial charge on any atom is 0.0575 e. The molecule has 1 N–H and O–H groups in total. The molecule has 0 spiro atoms. The van der Waals surface area contributed by atoms with Crippen molar-refractivity contribution < 1.29 is 0 Å². The van der Waals surface area contributed by atoms with Gasteiger partial charge in [-0.2, -0.15) is 0 Å². The molecular formula is C15H25N3. The highest BCUT2D eigenvalue weighted by Crippen LogP contribution is 2.18. The van der Waals surface area contributed by atoms with Crippen molar-refractivity contribution in [2.75, 3.05) is 13.1 Å². The third-order valence-corrected chi connectivity index (χ3v) is 3.82. The van der Waals surface area contributed by atoms with Gasteiger partial charge in [0.05, 0.1) is 5.69 Å². The number of aryl methyl sites for hydroxylation is 1. The van der Waals surface area contributed by atoms with Crippen LogP contribution in [0.2, 0.25) is 0 Å². The molecule has 2 rings (SSSR count). The highest BCUT2D eigenvalue weighted by atomic mass is 15.2. The summed E-state index contributed by atoms with van der Waals surface area (Å²) in [6, 6.07) is 4.80. The molecule has 1 atom stereocenters. The molecular weight excluding hydrogens is 222 g/mol. The molecule has 1 fully saturated rings. The van der Waals surface area contributed by atoms with E-state index in [0.29, 0.717) is 6.04 Å². The largest absolute Gasteiger partial charge is 0.309 e. The van der Waals surface area contributed by atoms with E-state index in [0.717, 1.165) is 26.1 Å². The Kier molecular flexibility index (Phi) is 4.03. The molecule has 0 amide bonds. The van der Waals surface area contributed by atoms with Crippen molar-refractivity contribution in [1.82, 2.24) is 15.2 Å². The van der Waals surface area contributed by atoms with Gasteiger partial charge in [-0.25, -0.2) is 0 Å². The van der Waals surface area contributed by atoms with E-state index in [2.05, 4.69) is 49.0 Å². The summed E-state index contributed by atoms with van der Waals surface area (Å²) < 4.78 is 0. The summed E-state index contributed by atoms with van der Waals surface area (Å²) >= 11 is 0. The highest BCUT2D eigenvalue weighted by molar-refractivity contribution is 5.19. The van der Waals surface area contributed by atoms with Crippen molar-refractivity contribution in [1.29, 1.82) is 0 Å². The van der Waals surface area contributed by atoms with Crippen LogP contribution in [-0.2, 0) is 13.0 Å². The molecule has 100 valence electrons.